The number of sulfonamides is 1. The number of nitrogens with zero attached hydrogens (tertiary/aromatic N) is 2. The van der Waals surface area contributed by atoms with Crippen LogP contribution in [0.4, 0.5) is 0 Å². The third kappa shape index (κ3) is 3.85. The molecule has 3 aromatic rings. The molecule has 152 valence electrons. The molecule has 29 heavy (non-hydrogen) atoms. The number of aryl methyl sites for hydroxylation is 1. The molecule has 0 N–H and O–H groups in total. The summed E-state index contributed by atoms with van der Waals surface area (Å²) < 4.78 is 47.7. The lowest BCUT2D eigenvalue weighted by atomic mass is 10.2. The van der Waals surface area contributed by atoms with Gasteiger partial charge in [0.25, 0.3) is 10.0 Å². The predicted molar refractivity (Wildman–Crippen MR) is 106 cm³/mol. The largest absolute Gasteiger partial charge is 0.465 e. The van der Waals surface area contributed by atoms with Crippen LogP contribution in [0.5, 0.6) is 11.5 Å². The first-order valence-corrected chi connectivity index (χ1v) is 11.1. The fourth-order valence-corrected chi connectivity index (χ4v) is 5.13. The molecule has 0 saturated heterocycles. The highest BCUT2D eigenvalue weighted by atomic mass is 32.2. The minimum atomic E-state index is -3.96. The molecule has 2 heterocycles. The summed E-state index contributed by atoms with van der Waals surface area (Å²) in [5.41, 5.74) is 1.56. The fourth-order valence-electron chi connectivity index (χ4n) is 2.88. The molecule has 0 fully saturated rings. The summed E-state index contributed by atoms with van der Waals surface area (Å²) in [5.74, 6) is 0.606. The molecular formula is C19H18N2O6S2. The van der Waals surface area contributed by atoms with Crippen molar-refractivity contribution in [1.29, 1.82) is 0 Å². The van der Waals surface area contributed by atoms with Gasteiger partial charge in [-0.3, -0.25) is 4.79 Å². The second-order valence-electron chi connectivity index (χ2n) is 6.33. The third-order valence-corrected chi connectivity index (χ3v) is 6.72. The Hall–Kier alpha value is -2.85. The lowest BCUT2D eigenvalue weighted by Crippen LogP contribution is -2.23. The van der Waals surface area contributed by atoms with Crippen molar-refractivity contribution in [2.24, 2.45) is 4.40 Å². The summed E-state index contributed by atoms with van der Waals surface area (Å²) in [6.07, 6.45) is 0. The van der Waals surface area contributed by atoms with E-state index in [4.69, 9.17) is 14.2 Å². The lowest BCUT2D eigenvalue weighted by Gasteiger charge is -2.06. The number of hydrogen-bond acceptors (Lipinski definition) is 7. The molecule has 2 aromatic carbocycles. The molecule has 0 spiro atoms. The van der Waals surface area contributed by atoms with Gasteiger partial charge in [-0.25, -0.2) is 0 Å². The standard InChI is InChI=1S/C19H18N2O6S2/c1-3-25-18(22)10-21-14-8-15-16(27-11-26-15)9-17(14)28-19(21)20-29(23,24)13-6-4-12(2)5-7-13/h4-9H,3,10-11H2,1-2H3. The molecule has 0 bridgehead atoms. The van der Waals surface area contributed by atoms with Crippen molar-refractivity contribution < 1.29 is 27.4 Å². The van der Waals surface area contributed by atoms with Crippen molar-refractivity contribution in [1.82, 2.24) is 4.57 Å². The highest BCUT2D eigenvalue weighted by Crippen LogP contribution is 2.37. The van der Waals surface area contributed by atoms with Crippen LogP contribution in [0, 0.1) is 6.92 Å². The van der Waals surface area contributed by atoms with Gasteiger partial charge in [0.15, 0.2) is 11.5 Å². The van der Waals surface area contributed by atoms with E-state index in [0.29, 0.717) is 17.0 Å². The average Bonchev–Trinajstić information content (AvgIpc) is 3.24. The predicted octanol–water partition coefficient (Wildman–Crippen LogP) is 2.59. The molecular weight excluding hydrogens is 416 g/mol. The van der Waals surface area contributed by atoms with E-state index >= 15 is 0 Å². The number of ether oxygens (including phenoxy) is 3. The molecule has 0 saturated carbocycles. The van der Waals surface area contributed by atoms with Crippen molar-refractivity contribution in [3.63, 3.8) is 0 Å². The molecule has 1 aromatic heterocycles. The third-order valence-electron chi connectivity index (χ3n) is 4.29. The fraction of sp³-hybridized carbons (Fsp3) is 0.263. The Morgan fingerprint density at radius 2 is 1.90 bits per heavy atom. The lowest BCUT2D eigenvalue weighted by molar-refractivity contribution is -0.143. The van der Waals surface area contributed by atoms with Gasteiger partial charge in [-0.1, -0.05) is 29.0 Å². The van der Waals surface area contributed by atoms with Crippen molar-refractivity contribution in [2.75, 3.05) is 13.4 Å². The Morgan fingerprint density at radius 3 is 2.59 bits per heavy atom. The quantitative estimate of drug-likeness (QED) is 0.573. The smallest absolute Gasteiger partial charge is 0.326 e. The summed E-state index contributed by atoms with van der Waals surface area (Å²) in [4.78, 5) is 12.4. The Kier molecular flexibility index (Phi) is 5.05. The minimum absolute atomic E-state index is 0.0809. The molecule has 0 unspecified atom stereocenters. The molecule has 0 atom stereocenters. The van der Waals surface area contributed by atoms with E-state index in [2.05, 4.69) is 4.40 Å². The number of benzene rings is 2. The Morgan fingerprint density at radius 1 is 1.21 bits per heavy atom. The maximum absolute atomic E-state index is 12.8. The van der Waals surface area contributed by atoms with Crippen molar-refractivity contribution in [3.05, 3.63) is 46.8 Å². The Labute approximate surface area is 171 Å². The number of esters is 1. The molecule has 0 aliphatic carbocycles. The molecule has 10 heteroatoms. The van der Waals surface area contributed by atoms with E-state index in [1.54, 1.807) is 31.2 Å². The monoisotopic (exact) mass is 434 g/mol. The van der Waals surface area contributed by atoms with Crippen molar-refractivity contribution >= 4 is 37.5 Å². The molecule has 1 aliphatic heterocycles. The zero-order chi connectivity index (χ0) is 20.6. The van der Waals surface area contributed by atoms with E-state index in [1.807, 2.05) is 6.92 Å². The average molecular weight is 434 g/mol. The zero-order valence-electron chi connectivity index (χ0n) is 15.7. The summed E-state index contributed by atoms with van der Waals surface area (Å²) in [6.45, 7) is 3.75. The number of fused-ring (bicyclic) bond motifs is 2. The first-order valence-electron chi connectivity index (χ1n) is 8.83. The van der Waals surface area contributed by atoms with Gasteiger partial charge in [-0.2, -0.15) is 8.42 Å². The SMILES string of the molecule is CCOC(=O)Cn1c(=NS(=O)(=O)c2ccc(C)cc2)sc2cc3c(cc21)OCO3. The van der Waals surface area contributed by atoms with Crippen LogP contribution in [0.15, 0.2) is 45.7 Å². The number of carbonyl (C=O) groups is 1. The van der Waals surface area contributed by atoms with E-state index in [0.717, 1.165) is 21.6 Å². The van der Waals surface area contributed by atoms with E-state index < -0.39 is 16.0 Å². The highest BCUT2D eigenvalue weighted by molar-refractivity contribution is 7.90. The molecule has 0 radical (unpaired) electrons. The van der Waals surface area contributed by atoms with Gasteiger partial charge in [0.2, 0.25) is 11.6 Å². The summed E-state index contributed by atoms with van der Waals surface area (Å²) >= 11 is 1.15. The minimum Gasteiger partial charge on any atom is -0.465 e. The summed E-state index contributed by atoms with van der Waals surface area (Å²) in [7, 11) is -3.96. The van der Waals surface area contributed by atoms with Gasteiger partial charge in [0.05, 0.1) is 21.7 Å². The zero-order valence-corrected chi connectivity index (χ0v) is 17.4. The maximum atomic E-state index is 12.8. The second-order valence-corrected chi connectivity index (χ2v) is 8.94. The van der Waals surface area contributed by atoms with Crippen LogP contribution >= 0.6 is 11.3 Å². The van der Waals surface area contributed by atoms with Crippen LogP contribution in [-0.4, -0.2) is 32.4 Å². The number of carbonyl (C=O) groups excluding carboxylic acids is 1. The van der Waals surface area contributed by atoms with Crippen LogP contribution in [0.2, 0.25) is 0 Å². The van der Waals surface area contributed by atoms with E-state index in [-0.39, 0.29) is 29.6 Å². The Bertz CT molecular complexity index is 1260. The van der Waals surface area contributed by atoms with Crippen LogP contribution < -0.4 is 14.3 Å². The maximum Gasteiger partial charge on any atom is 0.326 e. The van der Waals surface area contributed by atoms with Gasteiger partial charge in [-0.15, -0.1) is 4.40 Å². The molecule has 1 aliphatic rings. The van der Waals surface area contributed by atoms with Gasteiger partial charge < -0.3 is 18.8 Å². The van der Waals surface area contributed by atoms with Gasteiger partial charge in [0.1, 0.15) is 6.54 Å². The normalized spacial score (nSPS) is 13.8. The topological polar surface area (TPSA) is 96.2 Å². The van der Waals surface area contributed by atoms with Crippen LogP contribution in [0.1, 0.15) is 12.5 Å². The molecule has 4 rings (SSSR count). The second kappa shape index (κ2) is 7.53. The van der Waals surface area contributed by atoms with E-state index in [1.165, 1.54) is 16.7 Å². The molecule has 8 nitrogen and oxygen atoms in total. The highest BCUT2D eigenvalue weighted by Gasteiger charge is 2.20. The van der Waals surface area contributed by atoms with Crippen molar-refractivity contribution in [3.8, 4) is 11.5 Å². The van der Waals surface area contributed by atoms with E-state index in [9.17, 15) is 13.2 Å². The van der Waals surface area contributed by atoms with Gasteiger partial charge in [-0.05, 0) is 26.0 Å². The van der Waals surface area contributed by atoms with Crippen LogP contribution in [0.3, 0.4) is 0 Å². The summed E-state index contributed by atoms with van der Waals surface area (Å²) in [5, 5.41) is 0. The van der Waals surface area contributed by atoms with Crippen molar-refractivity contribution in [2.45, 2.75) is 25.3 Å². The molecule has 0 amide bonds. The number of rotatable bonds is 5. The number of hydrogen-bond donors (Lipinski definition) is 0. The first kappa shape index (κ1) is 19.5. The Balaban J connectivity index is 1.89. The van der Waals surface area contributed by atoms with Gasteiger partial charge in [0, 0.05) is 12.1 Å². The van der Waals surface area contributed by atoms with Crippen LogP contribution in [0.25, 0.3) is 10.2 Å². The van der Waals surface area contributed by atoms with Gasteiger partial charge >= 0.3 is 5.97 Å². The first-order chi connectivity index (χ1) is 13.9. The summed E-state index contributed by atoms with van der Waals surface area (Å²) in [6, 6.07) is 9.89. The van der Waals surface area contributed by atoms with Crippen LogP contribution in [-0.2, 0) is 26.1 Å². The number of aromatic nitrogens is 1. The number of thiazole rings is 1.